The summed E-state index contributed by atoms with van der Waals surface area (Å²) in [6, 6.07) is 6.37. The molecular formula is C15H11F2N3O3S. The number of pyridine rings is 1. The molecule has 4 rings (SSSR count). The Labute approximate surface area is 138 Å². The molecule has 24 heavy (non-hydrogen) atoms. The van der Waals surface area contributed by atoms with Gasteiger partial charge in [-0.05, 0) is 18.6 Å². The molecule has 3 aromatic rings. The fourth-order valence-corrected chi connectivity index (χ4v) is 3.51. The van der Waals surface area contributed by atoms with E-state index in [0.29, 0.717) is 16.7 Å². The Hall–Kier alpha value is -2.39. The van der Waals surface area contributed by atoms with Crippen molar-refractivity contribution in [2.24, 2.45) is 0 Å². The van der Waals surface area contributed by atoms with Crippen LogP contribution in [0, 0.1) is 6.92 Å². The highest BCUT2D eigenvalue weighted by molar-refractivity contribution is 7.90. The predicted molar refractivity (Wildman–Crippen MR) is 81.4 cm³/mol. The molecule has 1 atom stereocenters. The quantitative estimate of drug-likeness (QED) is 0.734. The number of aryl methyl sites for hydroxylation is 1. The summed E-state index contributed by atoms with van der Waals surface area (Å²) in [6.45, 7) is 1.89. The van der Waals surface area contributed by atoms with Crippen molar-refractivity contribution < 1.29 is 22.8 Å². The number of halogens is 2. The van der Waals surface area contributed by atoms with Crippen LogP contribution in [0.4, 0.5) is 8.78 Å². The Morgan fingerprint density at radius 1 is 1.29 bits per heavy atom. The minimum absolute atomic E-state index is 0.0888. The Bertz CT molecular complexity index is 886. The summed E-state index contributed by atoms with van der Waals surface area (Å²) in [4.78, 5) is 11.3. The second-order valence-electron chi connectivity index (χ2n) is 5.28. The first-order valence-electron chi connectivity index (χ1n) is 7.00. The second-order valence-corrected chi connectivity index (χ2v) is 6.65. The van der Waals surface area contributed by atoms with Crippen molar-refractivity contribution in [1.82, 2.24) is 15.0 Å². The molecule has 2 aromatic heterocycles. The number of rotatable bonds is 3. The SMILES string of the molecule is Cc1cccnc1C[S+]([O-])c1nc2cc3c(cc2[nH]1)OC(F)(F)O3. The lowest BCUT2D eigenvalue weighted by atomic mass is 10.2. The Balaban J connectivity index is 1.63. The van der Waals surface area contributed by atoms with Crippen molar-refractivity contribution in [2.45, 2.75) is 24.1 Å². The van der Waals surface area contributed by atoms with Gasteiger partial charge in [-0.1, -0.05) is 6.07 Å². The molecule has 9 heteroatoms. The molecule has 3 heterocycles. The molecule has 0 radical (unpaired) electrons. The molecule has 1 N–H and O–H groups in total. The Kier molecular flexibility index (Phi) is 3.36. The lowest BCUT2D eigenvalue weighted by molar-refractivity contribution is -0.286. The summed E-state index contributed by atoms with van der Waals surface area (Å²) < 4.78 is 47.4. The van der Waals surface area contributed by atoms with E-state index in [1.54, 1.807) is 12.3 Å². The van der Waals surface area contributed by atoms with E-state index in [1.165, 1.54) is 12.1 Å². The number of fused-ring (bicyclic) bond motifs is 2. The molecule has 0 aliphatic carbocycles. The van der Waals surface area contributed by atoms with Crippen molar-refractivity contribution in [1.29, 1.82) is 0 Å². The predicted octanol–water partition coefficient (Wildman–Crippen LogP) is 2.90. The summed E-state index contributed by atoms with van der Waals surface area (Å²) in [5, 5.41) is 0.241. The van der Waals surface area contributed by atoms with E-state index in [9.17, 15) is 13.3 Å². The highest BCUT2D eigenvalue weighted by Crippen LogP contribution is 2.42. The van der Waals surface area contributed by atoms with Crippen LogP contribution in [-0.4, -0.2) is 25.8 Å². The van der Waals surface area contributed by atoms with E-state index in [1.807, 2.05) is 13.0 Å². The maximum atomic E-state index is 13.1. The van der Waals surface area contributed by atoms with Crippen LogP contribution in [0.5, 0.6) is 11.5 Å². The summed E-state index contributed by atoms with van der Waals surface area (Å²) in [5.74, 6) is 0.0167. The third-order valence-corrected chi connectivity index (χ3v) is 4.74. The standard InChI is InChI=1S/C15H11F2N3O3S/c1-8-3-2-4-18-11(8)7-24(21)14-19-9-5-12-13(6-10(9)20-14)23-15(16,17)22-12/h2-6H,7H2,1H3,(H,19,20). The van der Waals surface area contributed by atoms with Crippen LogP contribution in [0.15, 0.2) is 35.6 Å². The Morgan fingerprint density at radius 2 is 2.04 bits per heavy atom. The number of imidazole rings is 1. The van der Waals surface area contributed by atoms with Crippen LogP contribution < -0.4 is 9.47 Å². The number of H-pyrrole nitrogens is 1. The van der Waals surface area contributed by atoms with E-state index < -0.39 is 17.5 Å². The van der Waals surface area contributed by atoms with E-state index >= 15 is 0 Å². The zero-order valence-electron chi connectivity index (χ0n) is 12.4. The molecule has 0 amide bonds. The fraction of sp³-hybridized carbons (Fsp3) is 0.200. The topological polar surface area (TPSA) is 83.1 Å². The lowest BCUT2D eigenvalue weighted by Crippen LogP contribution is -2.25. The van der Waals surface area contributed by atoms with Crippen molar-refractivity contribution in [3.8, 4) is 11.5 Å². The van der Waals surface area contributed by atoms with Crippen molar-refractivity contribution in [3.05, 3.63) is 41.7 Å². The monoisotopic (exact) mass is 351 g/mol. The lowest BCUT2D eigenvalue weighted by Gasteiger charge is -2.07. The van der Waals surface area contributed by atoms with Gasteiger partial charge in [0, 0.05) is 29.5 Å². The zero-order chi connectivity index (χ0) is 16.9. The molecular weight excluding hydrogens is 340 g/mol. The number of benzene rings is 1. The molecule has 6 nitrogen and oxygen atoms in total. The number of nitrogens with zero attached hydrogens (tertiary/aromatic N) is 2. The van der Waals surface area contributed by atoms with Crippen LogP contribution in [0.3, 0.4) is 0 Å². The van der Waals surface area contributed by atoms with Gasteiger partial charge in [-0.2, -0.15) is 4.98 Å². The molecule has 0 saturated heterocycles. The molecule has 0 fully saturated rings. The zero-order valence-corrected chi connectivity index (χ0v) is 13.2. The molecule has 1 aromatic carbocycles. The first-order valence-corrected chi connectivity index (χ1v) is 8.32. The first kappa shape index (κ1) is 15.2. The largest absolute Gasteiger partial charge is 0.609 e. The maximum absolute atomic E-state index is 13.1. The van der Waals surface area contributed by atoms with Crippen LogP contribution in [0.1, 0.15) is 11.3 Å². The van der Waals surface area contributed by atoms with Crippen molar-refractivity contribution >= 4 is 22.2 Å². The minimum atomic E-state index is -3.68. The maximum Gasteiger partial charge on any atom is 0.586 e. The van der Waals surface area contributed by atoms with Gasteiger partial charge in [0.15, 0.2) is 17.3 Å². The van der Waals surface area contributed by atoms with Gasteiger partial charge in [-0.25, -0.2) is 0 Å². The van der Waals surface area contributed by atoms with E-state index in [0.717, 1.165) is 5.56 Å². The number of alkyl halides is 2. The van der Waals surface area contributed by atoms with Crippen molar-refractivity contribution in [3.63, 3.8) is 0 Å². The number of aromatic nitrogens is 3. The molecule has 0 saturated carbocycles. The average Bonchev–Trinajstić information content (AvgIpc) is 3.04. The first-order chi connectivity index (χ1) is 11.4. The van der Waals surface area contributed by atoms with Gasteiger partial charge in [-0.15, -0.1) is 8.78 Å². The van der Waals surface area contributed by atoms with Gasteiger partial charge in [0.2, 0.25) is 0 Å². The van der Waals surface area contributed by atoms with Crippen LogP contribution in [0.25, 0.3) is 11.0 Å². The van der Waals surface area contributed by atoms with Gasteiger partial charge in [0.25, 0.3) is 0 Å². The molecule has 124 valence electrons. The number of ether oxygens (including phenoxy) is 2. The van der Waals surface area contributed by atoms with Gasteiger partial charge < -0.3 is 14.0 Å². The molecule has 1 aliphatic rings. The molecule has 0 bridgehead atoms. The van der Waals surface area contributed by atoms with Crippen molar-refractivity contribution in [2.75, 3.05) is 0 Å². The highest BCUT2D eigenvalue weighted by atomic mass is 32.2. The summed E-state index contributed by atoms with van der Waals surface area (Å²) >= 11 is -1.45. The highest BCUT2D eigenvalue weighted by Gasteiger charge is 2.43. The third kappa shape index (κ3) is 2.65. The van der Waals surface area contributed by atoms with Gasteiger partial charge in [0.05, 0.1) is 16.7 Å². The summed E-state index contributed by atoms with van der Waals surface area (Å²) in [5.41, 5.74) is 2.46. The van der Waals surface area contributed by atoms with E-state index in [2.05, 4.69) is 24.4 Å². The van der Waals surface area contributed by atoms with Crippen LogP contribution in [0.2, 0.25) is 0 Å². The minimum Gasteiger partial charge on any atom is -0.609 e. The second kappa shape index (κ2) is 5.32. The molecule has 1 unspecified atom stereocenters. The molecule has 1 aliphatic heterocycles. The normalized spacial score (nSPS) is 16.5. The number of nitrogens with one attached hydrogen (secondary N) is 1. The number of hydrogen-bond donors (Lipinski definition) is 1. The average molecular weight is 351 g/mol. The van der Waals surface area contributed by atoms with Crippen LogP contribution >= 0.6 is 0 Å². The van der Waals surface area contributed by atoms with E-state index in [-0.39, 0.29) is 22.4 Å². The Morgan fingerprint density at radius 3 is 2.79 bits per heavy atom. The van der Waals surface area contributed by atoms with Gasteiger partial charge in [0.1, 0.15) is 0 Å². The third-order valence-electron chi connectivity index (χ3n) is 3.58. The van der Waals surface area contributed by atoms with Gasteiger partial charge in [-0.3, -0.25) is 9.97 Å². The summed E-state index contributed by atoms with van der Waals surface area (Å²) in [7, 11) is 0. The van der Waals surface area contributed by atoms with Gasteiger partial charge >= 0.3 is 11.5 Å². The smallest absolute Gasteiger partial charge is 0.586 e. The van der Waals surface area contributed by atoms with Crippen LogP contribution in [-0.2, 0) is 16.9 Å². The number of aromatic amines is 1. The summed E-state index contributed by atoms with van der Waals surface area (Å²) in [6.07, 6.45) is -2.04. The van der Waals surface area contributed by atoms with E-state index in [4.69, 9.17) is 0 Å². The fourth-order valence-electron chi connectivity index (χ4n) is 2.40. The number of hydrogen-bond acceptors (Lipinski definition) is 5. The molecule has 0 spiro atoms.